The van der Waals surface area contributed by atoms with Gasteiger partial charge in [-0.3, -0.25) is 14.5 Å². The molecule has 5 nitrogen and oxygen atoms in total. The van der Waals surface area contributed by atoms with Crippen molar-refractivity contribution in [1.82, 2.24) is 15.1 Å². The third kappa shape index (κ3) is 6.40. The van der Waals surface area contributed by atoms with Crippen LogP contribution in [-0.2, 0) is 16.1 Å². The second-order valence-corrected chi connectivity index (χ2v) is 5.02. The van der Waals surface area contributed by atoms with Crippen molar-refractivity contribution < 1.29 is 9.59 Å². The van der Waals surface area contributed by atoms with Crippen molar-refractivity contribution in [1.29, 1.82) is 0 Å². The molecule has 0 atom stereocenters. The number of rotatable bonds is 8. The highest BCUT2D eigenvalue weighted by molar-refractivity contribution is 5.85. The Hall–Kier alpha value is -1.88. The van der Waals surface area contributed by atoms with E-state index in [9.17, 15) is 9.59 Å². The molecule has 1 aromatic rings. The van der Waals surface area contributed by atoms with E-state index in [2.05, 4.69) is 5.32 Å². The normalized spacial score (nSPS) is 10.5. The maximum atomic E-state index is 12.2. The van der Waals surface area contributed by atoms with Crippen LogP contribution in [0.25, 0.3) is 0 Å². The fourth-order valence-corrected chi connectivity index (χ4v) is 2.08. The number of carbonyl (C=O) groups excluding carboxylic acids is 2. The van der Waals surface area contributed by atoms with E-state index in [0.29, 0.717) is 26.2 Å². The van der Waals surface area contributed by atoms with Gasteiger partial charge >= 0.3 is 0 Å². The summed E-state index contributed by atoms with van der Waals surface area (Å²) >= 11 is 0. The first-order valence-electron chi connectivity index (χ1n) is 7.33. The highest BCUT2D eigenvalue weighted by Crippen LogP contribution is 2.03. The molecule has 0 saturated heterocycles. The van der Waals surface area contributed by atoms with Crippen LogP contribution in [0, 0.1) is 0 Å². The van der Waals surface area contributed by atoms with Crippen LogP contribution < -0.4 is 5.32 Å². The quantitative estimate of drug-likeness (QED) is 0.780. The zero-order valence-electron chi connectivity index (χ0n) is 13.1. The third-order valence-electron chi connectivity index (χ3n) is 3.14. The monoisotopic (exact) mass is 291 g/mol. The van der Waals surface area contributed by atoms with E-state index in [0.717, 1.165) is 0 Å². The lowest BCUT2D eigenvalue weighted by Crippen LogP contribution is -2.44. The minimum atomic E-state index is -0.113. The second kappa shape index (κ2) is 9.13. The van der Waals surface area contributed by atoms with Gasteiger partial charge in [0.15, 0.2) is 0 Å². The largest absolute Gasteiger partial charge is 0.355 e. The molecule has 0 saturated carbocycles. The summed E-state index contributed by atoms with van der Waals surface area (Å²) in [4.78, 5) is 27.3. The van der Waals surface area contributed by atoms with Gasteiger partial charge in [-0.25, -0.2) is 0 Å². The van der Waals surface area contributed by atoms with Gasteiger partial charge in [-0.2, -0.15) is 0 Å². The minimum absolute atomic E-state index is 0.0258. The SMILES string of the molecule is CCNC(=O)CN(CC)C(=O)CN(C)Cc1ccccc1. The second-order valence-electron chi connectivity index (χ2n) is 5.02. The number of nitrogens with one attached hydrogen (secondary N) is 1. The zero-order chi connectivity index (χ0) is 15.7. The molecular weight excluding hydrogens is 266 g/mol. The first-order valence-corrected chi connectivity index (χ1v) is 7.33. The average molecular weight is 291 g/mol. The van der Waals surface area contributed by atoms with Gasteiger partial charge in [0, 0.05) is 19.6 Å². The van der Waals surface area contributed by atoms with Gasteiger partial charge in [0.2, 0.25) is 11.8 Å². The van der Waals surface area contributed by atoms with E-state index in [1.807, 2.05) is 56.1 Å². The van der Waals surface area contributed by atoms with E-state index in [-0.39, 0.29) is 18.4 Å². The number of hydrogen-bond donors (Lipinski definition) is 1. The Balaban J connectivity index is 2.47. The molecule has 0 radical (unpaired) electrons. The summed E-state index contributed by atoms with van der Waals surface area (Å²) in [6, 6.07) is 10.0. The molecule has 0 aliphatic rings. The van der Waals surface area contributed by atoms with Gasteiger partial charge in [0.1, 0.15) is 0 Å². The predicted octanol–water partition coefficient (Wildman–Crippen LogP) is 1.10. The number of likely N-dealkylation sites (N-methyl/N-ethyl adjacent to an activating group) is 3. The molecule has 0 bridgehead atoms. The number of nitrogens with zero attached hydrogens (tertiary/aromatic N) is 2. The van der Waals surface area contributed by atoms with E-state index < -0.39 is 0 Å². The Bertz CT molecular complexity index is 448. The maximum absolute atomic E-state index is 12.2. The number of benzene rings is 1. The van der Waals surface area contributed by atoms with E-state index in [1.165, 1.54) is 5.56 Å². The Kier molecular flexibility index (Phi) is 7.46. The van der Waals surface area contributed by atoms with Crippen LogP contribution in [0.5, 0.6) is 0 Å². The smallest absolute Gasteiger partial charge is 0.239 e. The zero-order valence-corrected chi connectivity index (χ0v) is 13.1. The number of hydrogen-bond acceptors (Lipinski definition) is 3. The molecule has 1 rings (SSSR count). The van der Waals surface area contributed by atoms with Crippen LogP contribution in [0.4, 0.5) is 0 Å². The standard InChI is InChI=1S/C16H25N3O2/c1-4-17-15(20)12-19(5-2)16(21)13-18(3)11-14-9-7-6-8-10-14/h6-10H,4-5,11-13H2,1-3H3,(H,17,20). The molecule has 0 spiro atoms. The maximum Gasteiger partial charge on any atom is 0.239 e. The molecule has 0 unspecified atom stereocenters. The van der Waals surface area contributed by atoms with Crippen molar-refractivity contribution >= 4 is 11.8 Å². The molecular formula is C16H25N3O2. The molecule has 0 heterocycles. The van der Waals surface area contributed by atoms with Crippen molar-refractivity contribution in [2.75, 3.05) is 33.2 Å². The predicted molar refractivity (Wildman–Crippen MR) is 83.7 cm³/mol. The summed E-state index contributed by atoms with van der Waals surface area (Å²) in [7, 11) is 1.91. The van der Waals surface area contributed by atoms with Crippen molar-refractivity contribution in [3.8, 4) is 0 Å². The summed E-state index contributed by atoms with van der Waals surface area (Å²) in [6.45, 7) is 6.02. The van der Waals surface area contributed by atoms with Crippen molar-refractivity contribution in [2.24, 2.45) is 0 Å². The lowest BCUT2D eigenvalue weighted by Gasteiger charge is -2.24. The van der Waals surface area contributed by atoms with E-state index in [1.54, 1.807) is 4.90 Å². The van der Waals surface area contributed by atoms with Crippen LogP contribution in [0.3, 0.4) is 0 Å². The fourth-order valence-electron chi connectivity index (χ4n) is 2.08. The first-order chi connectivity index (χ1) is 10.1. The lowest BCUT2D eigenvalue weighted by atomic mass is 10.2. The molecule has 21 heavy (non-hydrogen) atoms. The Morgan fingerprint density at radius 2 is 1.76 bits per heavy atom. The molecule has 116 valence electrons. The molecule has 0 aromatic heterocycles. The molecule has 2 amide bonds. The topological polar surface area (TPSA) is 52.7 Å². The van der Waals surface area contributed by atoms with Crippen LogP contribution in [-0.4, -0.2) is 54.8 Å². The van der Waals surface area contributed by atoms with Gasteiger partial charge in [0.05, 0.1) is 13.1 Å². The van der Waals surface area contributed by atoms with Gasteiger partial charge in [-0.05, 0) is 26.5 Å². The Morgan fingerprint density at radius 3 is 2.33 bits per heavy atom. The summed E-state index contributed by atoms with van der Waals surface area (Å²) in [5.41, 5.74) is 1.17. The van der Waals surface area contributed by atoms with Crippen LogP contribution in [0.1, 0.15) is 19.4 Å². The van der Waals surface area contributed by atoms with Crippen molar-refractivity contribution in [2.45, 2.75) is 20.4 Å². The molecule has 1 N–H and O–H groups in total. The molecule has 5 heteroatoms. The summed E-state index contributed by atoms with van der Waals surface area (Å²) in [5.74, 6) is -0.138. The fraction of sp³-hybridized carbons (Fsp3) is 0.500. The highest BCUT2D eigenvalue weighted by atomic mass is 16.2. The average Bonchev–Trinajstić information content (AvgIpc) is 2.45. The number of amides is 2. The van der Waals surface area contributed by atoms with Crippen molar-refractivity contribution in [3.05, 3.63) is 35.9 Å². The van der Waals surface area contributed by atoms with Crippen LogP contribution >= 0.6 is 0 Å². The third-order valence-corrected chi connectivity index (χ3v) is 3.14. The minimum Gasteiger partial charge on any atom is -0.355 e. The van der Waals surface area contributed by atoms with Crippen molar-refractivity contribution in [3.63, 3.8) is 0 Å². The van der Waals surface area contributed by atoms with Crippen LogP contribution in [0.2, 0.25) is 0 Å². The molecule has 0 fully saturated rings. The van der Waals surface area contributed by atoms with Crippen LogP contribution in [0.15, 0.2) is 30.3 Å². The molecule has 1 aromatic carbocycles. The lowest BCUT2D eigenvalue weighted by molar-refractivity contribution is -0.136. The number of carbonyl (C=O) groups is 2. The summed E-state index contributed by atoms with van der Waals surface area (Å²) in [5, 5.41) is 2.71. The Labute approximate surface area is 126 Å². The van der Waals surface area contributed by atoms with Gasteiger partial charge in [-0.1, -0.05) is 30.3 Å². The summed E-state index contributed by atoms with van der Waals surface area (Å²) in [6.07, 6.45) is 0. The van der Waals surface area contributed by atoms with E-state index >= 15 is 0 Å². The molecule has 0 aliphatic carbocycles. The van der Waals surface area contributed by atoms with Gasteiger partial charge in [0.25, 0.3) is 0 Å². The summed E-state index contributed by atoms with van der Waals surface area (Å²) < 4.78 is 0. The van der Waals surface area contributed by atoms with Gasteiger partial charge < -0.3 is 10.2 Å². The van der Waals surface area contributed by atoms with Gasteiger partial charge in [-0.15, -0.1) is 0 Å². The Morgan fingerprint density at radius 1 is 1.10 bits per heavy atom. The first kappa shape index (κ1) is 17.2. The highest BCUT2D eigenvalue weighted by Gasteiger charge is 2.16. The van der Waals surface area contributed by atoms with E-state index in [4.69, 9.17) is 0 Å². The molecule has 0 aliphatic heterocycles.